The lowest BCUT2D eigenvalue weighted by Gasteiger charge is -2.48. The molecule has 0 bridgehead atoms. The van der Waals surface area contributed by atoms with Crippen molar-refractivity contribution in [1.29, 1.82) is 0 Å². The minimum atomic E-state index is -6.01. The molecule has 0 fully saturated rings. The lowest BCUT2D eigenvalue weighted by atomic mass is 10.1. The smallest absolute Gasteiger partial charge is 0.205 e. The first kappa shape index (κ1) is 25.6. The Morgan fingerprint density at radius 3 is 1.51 bits per heavy atom. The number of allylic oxidation sites excluding steroid dienone is 2. The van der Waals surface area contributed by atoms with Crippen molar-refractivity contribution in [2.75, 3.05) is 0 Å². The van der Waals surface area contributed by atoms with Crippen LogP contribution < -0.4 is 0 Å². The highest BCUT2D eigenvalue weighted by Gasteiger charge is 2.79. The molecule has 0 spiro atoms. The standard InChI is InChI=1S/C25H21F9Si/c1-35(20-12-10-16-6-2-4-8-18(16)20,21-13-11-17-7-3-5-9-19(17)21)25(33,34)24(31,32)22(26,27)14-15-23(28,29)30/h2-13,20-21H,14-15H2,1H3. The summed E-state index contributed by atoms with van der Waals surface area (Å²) < 4.78 is 130. The molecule has 2 atom stereocenters. The lowest BCUT2D eigenvalue weighted by molar-refractivity contribution is -0.292. The van der Waals surface area contributed by atoms with Crippen LogP contribution in [0.4, 0.5) is 39.5 Å². The van der Waals surface area contributed by atoms with Gasteiger partial charge in [0, 0.05) is 23.9 Å². The minimum Gasteiger partial charge on any atom is -0.205 e. The molecule has 10 heteroatoms. The van der Waals surface area contributed by atoms with Gasteiger partial charge in [0.25, 0.3) is 5.55 Å². The molecule has 0 saturated heterocycles. The first-order valence-electron chi connectivity index (χ1n) is 10.9. The predicted octanol–water partition coefficient (Wildman–Crippen LogP) is 8.55. The van der Waals surface area contributed by atoms with E-state index in [1.807, 2.05) is 0 Å². The van der Waals surface area contributed by atoms with Gasteiger partial charge in [-0.3, -0.25) is 0 Å². The number of hydrogen-bond donors (Lipinski definition) is 0. The third kappa shape index (κ3) is 3.93. The lowest BCUT2D eigenvalue weighted by Crippen LogP contribution is -2.70. The molecule has 4 rings (SSSR count). The molecule has 2 unspecified atom stereocenters. The fourth-order valence-electron chi connectivity index (χ4n) is 5.15. The molecule has 0 N–H and O–H groups in total. The second kappa shape index (κ2) is 8.28. The monoisotopic (exact) mass is 520 g/mol. The Labute approximate surface area is 197 Å². The molecule has 0 heterocycles. The summed E-state index contributed by atoms with van der Waals surface area (Å²) in [5.74, 6) is -11.6. The molecule has 2 aromatic rings. The number of benzene rings is 2. The Bertz CT molecular complexity index is 1100. The van der Waals surface area contributed by atoms with Crippen LogP contribution in [0.2, 0.25) is 6.55 Å². The van der Waals surface area contributed by atoms with Crippen molar-refractivity contribution in [3.8, 4) is 0 Å². The maximum absolute atomic E-state index is 16.1. The Hall–Kier alpha value is -2.49. The van der Waals surface area contributed by atoms with Crippen LogP contribution in [0.1, 0.15) is 46.2 Å². The molecule has 2 aliphatic rings. The fourth-order valence-corrected chi connectivity index (χ4v) is 9.99. The third-order valence-electron chi connectivity index (χ3n) is 7.14. The van der Waals surface area contributed by atoms with Gasteiger partial charge in [0.1, 0.15) is 0 Å². The van der Waals surface area contributed by atoms with Crippen molar-refractivity contribution in [2.24, 2.45) is 0 Å². The second-order valence-electron chi connectivity index (χ2n) is 9.18. The summed E-state index contributed by atoms with van der Waals surface area (Å²) in [6.07, 6.45) is -4.28. The number of alkyl halides is 9. The summed E-state index contributed by atoms with van der Waals surface area (Å²) in [7, 11) is -4.95. The average molecular weight is 521 g/mol. The van der Waals surface area contributed by atoms with Gasteiger partial charge < -0.3 is 0 Å². The van der Waals surface area contributed by atoms with E-state index in [4.69, 9.17) is 0 Å². The molecule has 0 amide bonds. The van der Waals surface area contributed by atoms with Crippen LogP contribution in [-0.2, 0) is 0 Å². The van der Waals surface area contributed by atoms with Crippen molar-refractivity contribution in [3.63, 3.8) is 0 Å². The van der Waals surface area contributed by atoms with Crippen LogP contribution in [0.15, 0.2) is 60.7 Å². The first-order chi connectivity index (χ1) is 16.1. The van der Waals surface area contributed by atoms with Gasteiger partial charge in [0.05, 0.1) is 0 Å². The molecule has 2 aliphatic carbocycles. The van der Waals surface area contributed by atoms with Crippen molar-refractivity contribution in [2.45, 2.75) is 54.0 Å². The number of halogens is 9. The van der Waals surface area contributed by atoms with E-state index in [0.29, 0.717) is 22.3 Å². The second-order valence-corrected chi connectivity index (χ2v) is 13.6. The molecule has 2 aromatic carbocycles. The van der Waals surface area contributed by atoms with Gasteiger partial charge in [-0.05, 0) is 22.3 Å². The van der Waals surface area contributed by atoms with Crippen molar-refractivity contribution in [3.05, 3.63) is 82.9 Å². The fraction of sp³-hybridized carbons (Fsp3) is 0.360. The van der Waals surface area contributed by atoms with Gasteiger partial charge in [-0.2, -0.15) is 30.7 Å². The van der Waals surface area contributed by atoms with Gasteiger partial charge in [-0.15, -0.1) is 0 Å². The van der Waals surface area contributed by atoms with Gasteiger partial charge in [-0.1, -0.05) is 79.4 Å². The number of hydrogen-bond acceptors (Lipinski definition) is 0. The summed E-state index contributed by atoms with van der Waals surface area (Å²) >= 11 is 0. The normalized spacial score (nSPS) is 21.7. The van der Waals surface area contributed by atoms with Gasteiger partial charge >= 0.3 is 18.0 Å². The SMILES string of the molecule is C[Si](C1C=Cc2ccccc21)(C1C=Cc2ccccc21)C(F)(F)C(F)(F)C(F)(F)CCC(F)(F)F. The largest absolute Gasteiger partial charge is 0.389 e. The molecule has 0 saturated carbocycles. The van der Waals surface area contributed by atoms with E-state index in [-0.39, 0.29) is 0 Å². The summed E-state index contributed by atoms with van der Waals surface area (Å²) in [5, 5.41) is 0. The highest BCUT2D eigenvalue weighted by molar-refractivity contribution is 6.85. The maximum Gasteiger partial charge on any atom is 0.389 e. The van der Waals surface area contributed by atoms with E-state index >= 15 is 17.6 Å². The molecule has 0 aliphatic heterocycles. The average Bonchev–Trinajstić information content (AvgIpc) is 3.41. The van der Waals surface area contributed by atoms with E-state index in [1.165, 1.54) is 36.4 Å². The molecule has 35 heavy (non-hydrogen) atoms. The van der Waals surface area contributed by atoms with E-state index in [2.05, 4.69) is 0 Å². The van der Waals surface area contributed by atoms with Crippen LogP contribution >= 0.6 is 0 Å². The third-order valence-corrected chi connectivity index (χ3v) is 12.4. The van der Waals surface area contributed by atoms with Crippen molar-refractivity contribution in [1.82, 2.24) is 0 Å². The molecular formula is C25H21F9Si. The summed E-state index contributed by atoms with van der Waals surface area (Å²) in [6, 6.07) is 12.5. The predicted molar refractivity (Wildman–Crippen MR) is 118 cm³/mol. The zero-order chi connectivity index (χ0) is 25.9. The Morgan fingerprint density at radius 2 is 1.09 bits per heavy atom. The summed E-state index contributed by atoms with van der Waals surface area (Å²) in [5.41, 5.74) is -6.20. The van der Waals surface area contributed by atoms with Gasteiger partial charge in [0.2, 0.25) is 0 Å². The molecular weight excluding hydrogens is 499 g/mol. The van der Waals surface area contributed by atoms with Crippen LogP contribution in [0, 0.1) is 0 Å². The van der Waals surface area contributed by atoms with Crippen molar-refractivity contribution < 1.29 is 39.5 Å². The zero-order valence-electron chi connectivity index (χ0n) is 18.4. The van der Waals surface area contributed by atoms with E-state index in [0.717, 1.165) is 6.55 Å². The van der Waals surface area contributed by atoms with Crippen molar-refractivity contribution >= 4 is 20.2 Å². The first-order valence-corrected chi connectivity index (χ1v) is 13.5. The minimum absolute atomic E-state index is 0.313. The summed E-state index contributed by atoms with van der Waals surface area (Å²) in [6.45, 7) is 0.953. The maximum atomic E-state index is 16.1. The molecule has 0 aromatic heterocycles. The Morgan fingerprint density at radius 1 is 0.657 bits per heavy atom. The number of fused-ring (bicyclic) bond motifs is 2. The Balaban J connectivity index is 1.87. The van der Waals surface area contributed by atoms with Crippen LogP contribution in [0.3, 0.4) is 0 Å². The highest BCUT2D eigenvalue weighted by Crippen LogP contribution is 2.60. The van der Waals surface area contributed by atoms with Gasteiger partial charge in [-0.25, -0.2) is 8.78 Å². The van der Waals surface area contributed by atoms with Crippen LogP contribution in [0.5, 0.6) is 0 Å². The molecule has 0 nitrogen and oxygen atoms in total. The topological polar surface area (TPSA) is 0 Å². The van der Waals surface area contributed by atoms with E-state index < -0.39 is 55.6 Å². The molecule has 188 valence electrons. The molecule has 0 radical (unpaired) electrons. The summed E-state index contributed by atoms with van der Waals surface area (Å²) in [4.78, 5) is 0. The quantitative estimate of drug-likeness (QED) is 0.254. The van der Waals surface area contributed by atoms with E-state index in [1.54, 1.807) is 36.4 Å². The Kier molecular flexibility index (Phi) is 6.06. The van der Waals surface area contributed by atoms with Crippen LogP contribution in [0.25, 0.3) is 12.2 Å². The zero-order valence-corrected chi connectivity index (χ0v) is 19.4. The highest BCUT2D eigenvalue weighted by atomic mass is 28.3. The number of rotatable bonds is 7. The van der Waals surface area contributed by atoms with E-state index in [9.17, 15) is 22.0 Å². The van der Waals surface area contributed by atoms with Gasteiger partial charge in [0.15, 0.2) is 8.07 Å². The van der Waals surface area contributed by atoms with Crippen LogP contribution in [-0.4, -0.2) is 31.6 Å².